The van der Waals surface area contributed by atoms with Crippen LogP contribution in [0.15, 0.2) is 53.1 Å². The molecular weight excluding hydrogens is 401 g/mol. The van der Waals surface area contributed by atoms with Crippen molar-refractivity contribution in [2.45, 2.75) is 25.7 Å². The summed E-state index contributed by atoms with van der Waals surface area (Å²) in [6.07, 6.45) is 3.34. The molecule has 0 unspecified atom stereocenters. The normalized spacial score (nSPS) is 12.7. The van der Waals surface area contributed by atoms with Crippen LogP contribution in [0.25, 0.3) is 11.3 Å². The minimum atomic E-state index is -0.315. The first-order chi connectivity index (χ1) is 15.1. The van der Waals surface area contributed by atoms with Gasteiger partial charge in [-0.25, -0.2) is 9.37 Å². The predicted octanol–water partition coefficient (Wildman–Crippen LogP) is 3.49. The molecule has 3 aromatic rings. The van der Waals surface area contributed by atoms with E-state index < -0.39 is 0 Å². The van der Waals surface area contributed by atoms with Crippen LogP contribution < -0.4 is 15.4 Å². The average molecular weight is 423 g/mol. The Morgan fingerprint density at radius 1 is 1.19 bits per heavy atom. The molecule has 0 fully saturated rings. The number of benzene rings is 2. The molecule has 0 aliphatic carbocycles. The minimum Gasteiger partial charge on any atom is -0.492 e. The van der Waals surface area contributed by atoms with Crippen molar-refractivity contribution in [3.63, 3.8) is 0 Å². The largest absolute Gasteiger partial charge is 0.492 e. The summed E-state index contributed by atoms with van der Waals surface area (Å²) >= 11 is 0. The molecule has 4 rings (SSSR count). The van der Waals surface area contributed by atoms with Crippen molar-refractivity contribution in [3.05, 3.63) is 65.9 Å². The Morgan fingerprint density at radius 2 is 2.03 bits per heavy atom. The Bertz CT molecular complexity index is 1080. The number of carbonyl (C=O) groups excluding carboxylic acids is 2. The second-order valence-corrected chi connectivity index (χ2v) is 7.19. The lowest BCUT2D eigenvalue weighted by molar-refractivity contribution is -0.121. The van der Waals surface area contributed by atoms with Crippen LogP contribution in [0.1, 0.15) is 24.3 Å². The molecule has 160 valence electrons. The average Bonchev–Trinajstić information content (AvgIpc) is 3.25. The Morgan fingerprint density at radius 3 is 2.87 bits per heavy atom. The molecule has 8 heteroatoms. The molecule has 0 spiro atoms. The lowest BCUT2D eigenvalue weighted by atomic mass is 10.0. The molecule has 1 aliphatic heterocycles. The van der Waals surface area contributed by atoms with Gasteiger partial charge in [0.25, 0.3) is 0 Å². The van der Waals surface area contributed by atoms with Gasteiger partial charge in [0.05, 0.1) is 12.7 Å². The topological polar surface area (TPSA) is 93.5 Å². The molecule has 1 aliphatic rings. The van der Waals surface area contributed by atoms with Crippen LogP contribution >= 0.6 is 0 Å². The first kappa shape index (κ1) is 20.6. The fraction of sp³-hybridized carbons (Fsp3) is 0.261. The predicted molar refractivity (Wildman–Crippen MR) is 112 cm³/mol. The van der Waals surface area contributed by atoms with Crippen LogP contribution in [0, 0.1) is 5.82 Å². The molecule has 0 radical (unpaired) electrons. The third-order valence-electron chi connectivity index (χ3n) is 4.91. The smallest absolute Gasteiger partial charge is 0.224 e. The van der Waals surface area contributed by atoms with E-state index in [9.17, 15) is 14.0 Å². The highest BCUT2D eigenvalue weighted by atomic mass is 19.1. The number of hydrogen-bond donors (Lipinski definition) is 2. The summed E-state index contributed by atoms with van der Waals surface area (Å²) in [5.41, 5.74) is 2.60. The van der Waals surface area contributed by atoms with E-state index in [-0.39, 0.29) is 24.1 Å². The van der Waals surface area contributed by atoms with Crippen LogP contribution in [-0.4, -0.2) is 29.9 Å². The molecule has 2 heterocycles. The molecule has 0 saturated carbocycles. The van der Waals surface area contributed by atoms with Crippen molar-refractivity contribution >= 4 is 17.5 Å². The molecule has 31 heavy (non-hydrogen) atoms. The van der Waals surface area contributed by atoms with Gasteiger partial charge in [0.15, 0.2) is 11.7 Å². The van der Waals surface area contributed by atoms with Gasteiger partial charge in [-0.05, 0) is 54.4 Å². The fourth-order valence-corrected chi connectivity index (χ4v) is 3.29. The summed E-state index contributed by atoms with van der Waals surface area (Å²) in [5.74, 6) is 1.28. The fourth-order valence-electron chi connectivity index (χ4n) is 3.29. The van der Waals surface area contributed by atoms with E-state index >= 15 is 0 Å². The van der Waals surface area contributed by atoms with Gasteiger partial charge in [0.2, 0.25) is 11.8 Å². The van der Waals surface area contributed by atoms with Crippen LogP contribution in [0.4, 0.5) is 10.1 Å². The number of oxazole rings is 1. The molecule has 0 bridgehead atoms. The molecule has 2 amide bonds. The highest BCUT2D eigenvalue weighted by molar-refractivity contribution is 5.94. The number of ether oxygens (including phenoxy) is 1. The molecule has 0 saturated heterocycles. The first-order valence-electron chi connectivity index (χ1n) is 10.1. The summed E-state index contributed by atoms with van der Waals surface area (Å²) < 4.78 is 24.3. The highest BCUT2D eigenvalue weighted by Gasteiger charge is 2.15. The van der Waals surface area contributed by atoms with Crippen molar-refractivity contribution in [1.29, 1.82) is 0 Å². The van der Waals surface area contributed by atoms with Crippen LogP contribution in [0.2, 0.25) is 0 Å². The number of aromatic nitrogens is 1. The van der Waals surface area contributed by atoms with E-state index in [0.717, 1.165) is 16.8 Å². The molecular formula is C23H22FN3O4. The number of hydrogen-bond acceptors (Lipinski definition) is 5. The maximum atomic E-state index is 13.0. The molecule has 0 atom stereocenters. The van der Waals surface area contributed by atoms with Gasteiger partial charge < -0.3 is 19.8 Å². The molecule has 7 nitrogen and oxygen atoms in total. The molecule has 2 aromatic carbocycles. The third kappa shape index (κ3) is 5.48. The highest BCUT2D eigenvalue weighted by Crippen LogP contribution is 2.26. The van der Waals surface area contributed by atoms with E-state index in [0.29, 0.717) is 49.8 Å². The monoisotopic (exact) mass is 423 g/mol. The Kier molecular flexibility index (Phi) is 6.26. The number of amides is 2. The van der Waals surface area contributed by atoms with Crippen molar-refractivity contribution in [2.24, 2.45) is 0 Å². The van der Waals surface area contributed by atoms with E-state index in [2.05, 4.69) is 15.6 Å². The van der Waals surface area contributed by atoms with Crippen LogP contribution in [0.3, 0.4) is 0 Å². The number of aryl methyl sites for hydroxylation is 2. The maximum Gasteiger partial charge on any atom is 0.224 e. The van der Waals surface area contributed by atoms with Gasteiger partial charge >= 0.3 is 0 Å². The number of rotatable bonds is 8. The van der Waals surface area contributed by atoms with E-state index in [1.165, 1.54) is 12.1 Å². The maximum absolute atomic E-state index is 13.0. The van der Waals surface area contributed by atoms with Crippen molar-refractivity contribution in [3.8, 4) is 17.1 Å². The summed E-state index contributed by atoms with van der Waals surface area (Å²) in [6, 6.07) is 11.5. The number of nitrogens with one attached hydrogen (secondary N) is 2. The number of nitrogens with zero attached hydrogens (tertiary/aromatic N) is 1. The van der Waals surface area contributed by atoms with Crippen LogP contribution in [0.5, 0.6) is 5.75 Å². The number of fused-ring (bicyclic) bond motifs is 1. The SMILES string of the molecule is O=C(CCc1ncc(-c2ccc(F)cc2)o1)NCCOc1ccc2c(c1)CCC(=O)N2. The summed E-state index contributed by atoms with van der Waals surface area (Å²) in [6.45, 7) is 0.712. The standard InChI is InChI=1S/C23H22FN3O4/c24-17-4-1-15(2-5-17)20-14-26-23(31-20)10-9-21(28)25-11-12-30-18-6-7-19-16(13-18)3-8-22(29)27-19/h1-2,4-7,13-14H,3,8-12H2,(H,25,28)(H,27,29). The van der Waals surface area contributed by atoms with Gasteiger partial charge in [-0.3, -0.25) is 9.59 Å². The summed E-state index contributed by atoms with van der Waals surface area (Å²) in [4.78, 5) is 27.6. The van der Waals surface area contributed by atoms with Crippen LogP contribution in [-0.2, 0) is 22.4 Å². The van der Waals surface area contributed by atoms with E-state index in [4.69, 9.17) is 9.15 Å². The van der Waals surface area contributed by atoms with Gasteiger partial charge in [0, 0.05) is 30.5 Å². The van der Waals surface area contributed by atoms with Crippen molar-refractivity contribution in [1.82, 2.24) is 10.3 Å². The molecule has 1 aromatic heterocycles. The lowest BCUT2D eigenvalue weighted by Gasteiger charge is -2.17. The summed E-state index contributed by atoms with van der Waals surface area (Å²) in [7, 11) is 0. The molecule has 2 N–H and O–H groups in total. The number of carbonyl (C=O) groups is 2. The minimum absolute atomic E-state index is 0.0281. The first-order valence-corrected chi connectivity index (χ1v) is 10.1. The van der Waals surface area contributed by atoms with Crippen molar-refractivity contribution in [2.75, 3.05) is 18.5 Å². The van der Waals surface area contributed by atoms with Gasteiger partial charge in [0.1, 0.15) is 18.2 Å². The third-order valence-corrected chi connectivity index (χ3v) is 4.91. The quantitative estimate of drug-likeness (QED) is 0.541. The van der Waals surface area contributed by atoms with Gasteiger partial charge in [-0.1, -0.05) is 0 Å². The Balaban J connectivity index is 1.17. The number of halogens is 1. The van der Waals surface area contributed by atoms with E-state index in [1.54, 1.807) is 24.4 Å². The lowest BCUT2D eigenvalue weighted by Crippen LogP contribution is -2.28. The van der Waals surface area contributed by atoms with Gasteiger partial charge in [-0.15, -0.1) is 0 Å². The van der Waals surface area contributed by atoms with E-state index in [1.807, 2.05) is 12.1 Å². The zero-order valence-electron chi connectivity index (χ0n) is 16.8. The zero-order valence-corrected chi connectivity index (χ0v) is 16.8. The Labute approximate surface area is 178 Å². The Hall–Kier alpha value is -3.68. The van der Waals surface area contributed by atoms with Crippen molar-refractivity contribution < 1.29 is 23.1 Å². The summed E-state index contributed by atoms with van der Waals surface area (Å²) in [5, 5.41) is 5.63. The van der Waals surface area contributed by atoms with Gasteiger partial charge in [-0.2, -0.15) is 0 Å². The zero-order chi connectivity index (χ0) is 21.6. The number of anilines is 1. The second kappa shape index (κ2) is 9.42. The second-order valence-electron chi connectivity index (χ2n) is 7.19.